The zero-order valence-electron chi connectivity index (χ0n) is 19.2. The van der Waals surface area contributed by atoms with Gasteiger partial charge in [0.2, 0.25) is 0 Å². The molecule has 1 unspecified atom stereocenters. The van der Waals surface area contributed by atoms with Crippen molar-refractivity contribution in [2.75, 3.05) is 37.7 Å². The zero-order chi connectivity index (χ0) is 21.4. The standard InChI is InChI=1S/C23H36BNO3S/c1-17-15-19(16-26-13-14-29(6,7)8)21(25-17)18-9-11-20(12-10-18)24-27-22(2,3)23(4,5)28-24/h9-12,15,19H,13-14,16H2,1-8H3. The van der Waals surface area contributed by atoms with E-state index in [9.17, 15) is 0 Å². The Bertz CT molecular complexity index is 777. The van der Waals surface area contributed by atoms with Gasteiger partial charge < -0.3 is 14.0 Å². The first-order valence-corrected chi connectivity index (χ1v) is 13.4. The highest BCUT2D eigenvalue weighted by atomic mass is 32.3. The van der Waals surface area contributed by atoms with Crippen LogP contribution in [0.15, 0.2) is 41.0 Å². The molecule has 0 spiro atoms. The summed E-state index contributed by atoms with van der Waals surface area (Å²) >= 11 is 0. The van der Waals surface area contributed by atoms with Crippen LogP contribution in [-0.2, 0) is 14.0 Å². The molecule has 0 aliphatic carbocycles. The van der Waals surface area contributed by atoms with Crippen molar-refractivity contribution in [1.29, 1.82) is 0 Å². The molecule has 2 aliphatic rings. The second-order valence-corrected chi connectivity index (χ2v) is 14.6. The Balaban J connectivity index is 1.65. The van der Waals surface area contributed by atoms with Crippen molar-refractivity contribution in [1.82, 2.24) is 0 Å². The smallest absolute Gasteiger partial charge is 0.399 e. The number of rotatable bonds is 7. The molecule has 2 aliphatic heterocycles. The third kappa shape index (κ3) is 5.35. The molecule has 3 rings (SSSR count). The predicted octanol–water partition coefficient (Wildman–Crippen LogP) is 4.02. The average molecular weight is 417 g/mol. The van der Waals surface area contributed by atoms with Crippen molar-refractivity contribution < 1.29 is 14.0 Å². The molecular weight excluding hydrogens is 381 g/mol. The van der Waals surface area contributed by atoms with E-state index in [1.807, 2.05) is 0 Å². The molecule has 1 aromatic carbocycles. The van der Waals surface area contributed by atoms with E-state index >= 15 is 0 Å². The van der Waals surface area contributed by atoms with Gasteiger partial charge in [0.25, 0.3) is 0 Å². The number of benzene rings is 1. The maximum atomic E-state index is 6.17. The second kappa shape index (κ2) is 8.22. The average Bonchev–Trinajstić information content (AvgIpc) is 3.07. The molecule has 0 aromatic heterocycles. The van der Waals surface area contributed by atoms with Crippen molar-refractivity contribution in [2.45, 2.75) is 45.8 Å². The zero-order valence-corrected chi connectivity index (χ0v) is 20.1. The Morgan fingerprint density at radius 3 is 2.17 bits per heavy atom. The van der Waals surface area contributed by atoms with Crippen LogP contribution >= 0.6 is 10.0 Å². The monoisotopic (exact) mass is 417 g/mol. The Kier molecular flexibility index (Phi) is 6.41. The van der Waals surface area contributed by atoms with Gasteiger partial charge in [-0.25, -0.2) is 10.0 Å². The highest BCUT2D eigenvalue weighted by Gasteiger charge is 2.51. The van der Waals surface area contributed by atoms with E-state index in [2.05, 4.69) is 83.7 Å². The summed E-state index contributed by atoms with van der Waals surface area (Å²) in [4.78, 5) is 4.78. The fourth-order valence-corrected chi connectivity index (χ4v) is 4.01. The van der Waals surface area contributed by atoms with Crippen LogP contribution in [0.3, 0.4) is 0 Å². The van der Waals surface area contributed by atoms with Crippen molar-refractivity contribution in [3.05, 3.63) is 41.6 Å². The van der Waals surface area contributed by atoms with Crippen molar-refractivity contribution in [3.8, 4) is 0 Å². The number of ether oxygens (including phenoxy) is 1. The molecule has 29 heavy (non-hydrogen) atoms. The molecule has 1 atom stereocenters. The fraction of sp³-hybridized carbons (Fsp3) is 0.609. The third-order valence-electron chi connectivity index (χ3n) is 5.96. The van der Waals surface area contributed by atoms with Gasteiger partial charge in [0.15, 0.2) is 0 Å². The van der Waals surface area contributed by atoms with E-state index in [1.165, 1.54) is 0 Å². The number of nitrogens with zero attached hydrogens (tertiary/aromatic N) is 1. The van der Waals surface area contributed by atoms with E-state index < -0.39 is 10.0 Å². The molecule has 4 nitrogen and oxygen atoms in total. The first-order chi connectivity index (χ1) is 13.4. The first-order valence-electron chi connectivity index (χ1n) is 10.3. The molecule has 0 amide bonds. The van der Waals surface area contributed by atoms with Gasteiger partial charge in [0, 0.05) is 17.4 Å². The van der Waals surface area contributed by atoms with Crippen LogP contribution in [0.5, 0.6) is 0 Å². The summed E-state index contributed by atoms with van der Waals surface area (Å²) in [7, 11) is -0.855. The van der Waals surface area contributed by atoms with Crippen LogP contribution in [-0.4, -0.2) is 61.8 Å². The Hall–Kier alpha value is -1.08. The molecular formula is C23H36BNO3S. The van der Waals surface area contributed by atoms with E-state index in [0.29, 0.717) is 6.61 Å². The Morgan fingerprint density at radius 1 is 1.03 bits per heavy atom. The van der Waals surface area contributed by atoms with E-state index in [1.54, 1.807) is 0 Å². The minimum absolute atomic E-state index is 0.215. The molecule has 6 heteroatoms. The van der Waals surface area contributed by atoms with E-state index in [0.717, 1.165) is 34.8 Å². The van der Waals surface area contributed by atoms with Gasteiger partial charge in [0.05, 0.1) is 30.1 Å². The highest BCUT2D eigenvalue weighted by molar-refractivity contribution is 8.32. The minimum atomic E-state index is -0.520. The van der Waals surface area contributed by atoms with Gasteiger partial charge in [0.1, 0.15) is 0 Å². The minimum Gasteiger partial charge on any atom is -0.399 e. The lowest BCUT2D eigenvalue weighted by Gasteiger charge is -2.32. The summed E-state index contributed by atoms with van der Waals surface area (Å²) < 4.78 is 18.3. The maximum Gasteiger partial charge on any atom is 0.494 e. The van der Waals surface area contributed by atoms with Gasteiger partial charge in [-0.05, 0) is 64.4 Å². The lowest BCUT2D eigenvalue weighted by atomic mass is 9.78. The molecule has 160 valence electrons. The van der Waals surface area contributed by atoms with Crippen molar-refractivity contribution in [3.63, 3.8) is 0 Å². The molecule has 0 bridgehead atoms. The number of allylic oxidation sites excluding steroid dienone is 1. The molecule has 1 aromatic rings. The molecule has 0 saturated carbocycles. The van der Waals surface area contributed by atoms with Gasteiger partial charge in [-0.1, -0.05) is 30.3 Å². The third-order valence-corrected chi connectivity index (χ3v) is 7.35. The normalized spacial score (nSPS) is 23.9. The summed E-state index contributed by atoms with van der Waals surface area (Å²) in [5.74, 6) is 1.35. The van der Waals surface area contributed by atoms with Crippen LogP contribution in [0, 0.1) is 5.92 Å². The number of hydrogen-bond donors (Lipinski definition) is 0. The summed E-state index contributed by atoms with van der Waals surface area (Å²) in [5, 5.41) is 0. The Morgan fingerprint density at radius 2 is 1.62 bits per heavy atom. The molecule has 1 fully saturated rings. The van der Waals surface area contributed by atoms with Crippen LogP contribution < -0.4 is 5.46 Å². The highest BCUT2D eigenvalue weighted by Crippen LogP contribution is 2.36. The predicted molar refractivity (Wildman–Crippen MR) is 127 cm³/mol. The van der Waals surface area contributed by atoms with Crippen LogP contribution in [0.1, 0.15) is 40.2 Å². The van der Waals surface area contributed by atoms with Gasteiger partial charge in [-0.3, -0.25) is 4.99 Å². The Labute approximate surface area is 178 Å². The number of aliphatic imine (C=N–C) groups is 1. The van der Waals surface area contributed by atoms with Gasteiger partial charge in [-0.15, -0.1) is 0 Å². The molecule has 1 saturated heterocycles. The quantitative estimate of drug-likeness (QED) is 0.497. The lowest BCUT2D eigenvalue weighted by molar-refractivity contribution is 0.00578. The molecule has 2 heterocycles. The number of hydrogen-bond acceptors (Lipinski definition) is 4. The van der Waals surface area contributed by atoms with Crippen LogP contribution in [0.4, 0.5) is 0 Å². The van der Waals surface area contributed by atoms with Crippen molar-refractivity contribution >= 4 is 28.3 Å². The van der Waals surface area contributed by atoms with E-state index in [-0.39, 0.29) is 24.2 Å². The topological polar surface area (TPSA) is 40.0 Å². The lowest BCUT2D eigenvalue weighted by Crippen LogP contribution is -2.41. The van der Waals surface area contributed by atoms with Crippen LogP contribution in [0.25, 0.3) is 0 Å². The largest absolute Gasteiger partial charge is 0.494 e. The van der Waals surface area contributed by atoms with Crippen LogP contribution in [0.2, 0.25) is 0 Å². The van der Waals surface area contributed by atoms with Gasteiger partial charge in [-0.2, -0.15) is 0 Å². The van der Waals surface area contributed by atoms with Gasteiger partial charge >= 0.3 is 7.12 Å². The summed E-state index contributed by atoms with van der Waals surface area (Å²) in [6, 6.07) is 8.43. The summed E-state index contributed by atoms with van der Waals surface area (Å²) in [5.41, 5.74) is 3.66. The van der Waals surface area contributed by atoms with Crippen molar-refractivity contribution in [2.24, 2.45) is 10.9 Å². The molecule has 0 N–H and O–H groups in total. The second-order valence-electron chi connectivity index (χ2n) is 9.99. The van der Waals surface area contributed by atoms with E-state index in [4.69, 9.17) is 19.0 Å². The fourth-order valence-electron chi connectivity index (χ4n) is 3.40. The summed E-state index contributed by atoms with van der Waals surface area (Å²) in [6.45, 7) is 11.9. The SMILES string of the molecule is CC1=CC(COCCS(C)(C)C)C(c2ccc(B3OC(C)(C)C(C)(C)O3)cc2)=N1. The first kappa shape index (κ1) is 22.6. The maximum absolute atomic E-state index is 6.17. The summed E-state index contributed by atoms with van der Waals surface area (Å²) in [6.07, 6.45) is 9.18. The molecule has 0 radical (unpaired) electrons.